The Hall–Kier alpha value is -2.30. The second-order valence-corrected chi connectivity index (χ2v) is 5.15. The smallest absolute Gasteiger partial charge is 0.132 e. The molecule has 1 heterocycles. The van der Waals surface area contributed by atoms with Crippen molar-refractivity contribution in [3.05, 3.63) is 41.7 Å². The Kier molecular flexibility index (Phi) is 4.98. The number of nitrogens with zero attached hydrogens (tertiary/aromatic N) is 2. The maximum Gasteiger partial charge on any atom is 0.132 e. The topological polar surface area (TPSA) is 59.1 Å². The standard InChI is InChI=1S/C16H22N4O/c1-11(2)18-16-9-15(19-12(3)20-16)17-10-13-7-5-6-8-14(13)21-4/h5-9,11H,10H2,1-4H3,(H2,17,18,19,20). The van der Waals surface area contributed by atoms with Crippen LogP contribution in [-0.4, -0.2) is 23.1 Å². The van der Waals surface area contributed by atoms with Gasteiger partial charge in [0.15, 0.2) is 0 Å². The van der Waals surface area contributed by atoms with Gasteiger partial charge in [0.05, 0.1) is 7.11 Å². The van der Waals surface area contributed by atoms with E-state index in [1.54, 1.807) is 7.11 Å². The number of anilines is 2. The second kappa shape index (κ2) is 6.92. The Balaban J connectivity index is 2.10. The molecule has 0 aliphatic carbocycles. The number of para-hydroxylation sites is 1. The maximum atomic E-state index is 5.35. The van der Waals surface area contributed by atoms with E-state index in [1.165, 1.54) is 0 Å². The number of methoxy groups -OCH3 is 1. The number of benzene rings is 1. The summed E-state index contributed by atoms with van der Waals surface area (Å²) >= 11 is 0. The average molecular weight is 286 g/mol. The fraction of sp³-hybridized carbons (Fsp3) is 0.375. The first-order chi connectivity index (χ1) is 10.1. The molecule has 5 heteroatoms. The normalized spacial score (nSPS) is 10.5. The largest absolute Gasteiger partial charge is 0.496 e. The third kappa shape index (κ3) is 4.34. The third-order valence-electron chi connectivity index (χ3n) is 2.93. The summed E-state index contributed by atoms with van der Waals surface area (Å²) in [5.41, 5.74) is 1.09. The van der Waals surface area contributed by atoms with Crippen LogP contribution in [0.15, 0.2) is 30.3 Å². The lowest BCUT2D eigenvalue weighted by molar-refractivity contribution is 0.410. The van der Waals surface area contributed by atoms with Gasteiger partial charge in [0, 0.05) is 24.2 Å². The molecular weight excluding hydrogens is 264 g/mol. The molecule has 5 nitrogen and oxygen atoms in total. The van der Waals surface area contributed by atoms with Gasteiger partial charge in [-0.3, -0.25) is 0 Å². The van der Waals surface area contributed by atoms with E-state index in [-0.39, 0.29) is 0 Å². The average Bonchev–Trinajstić information content (AvgIpc) is 2.44. The molecular formula is C16H22N4O. The van der Waals surface area contributed by atoms with Gasteiger partial charge >= 0.3 is 0 Å². The van der Waals surface area contributed by atoms with E-state index in [0.717, 1.165) is 28.8 Å². The van der Waals surface area contributed by atoms with Crippen molar-refractivity contribution in [1.82, 2.24) is 9.97 Å². The minimum atomic E-state index is 0.335. The maximum absolute atomic E-state index is 5.35. The number of ether oxygens (including phenoxy) is 1. The SMILES string of the molecule is COc1ccccc1CNc1cc(NC(C)C)nc(C)n1. The molecule has 0 bridgehead atoms. The first kappa shape index (κ1) is 15.1. The Morgan fingerprint density at radius 2 is 1.86 bits per heavy atom. The molecule has 112 valence electrons. The van der Waals surface area contributed by atoms with E-state index in [1.807, 2.05) is 37.3 Å². The van der Waals surface area contributed by atoms with Gasteiger partial charge in [-0.1, -0.05) is 18.2 Å². The summed E-state index contributed by atoms with van der Waals surface area (Å²) in [5.74, 6) is 3.25. The number of aryl methyl sites for hydroxylation is 1. The third-order valence-corrected chi connectivity index (χ3v) is 2.93. The molecule has 2 N–H and O–H groups in total. The van der Waals surface area contributed by atoms with Gasteiger partial charge in [-0.25, -0.2) is 9.97 Å². The van der Waals surface area contributed by atoms with Gasteiger partial charge in [-0.15, -0.1) is 0 Å². The van der Waals surface area contributed by atoms with Gasteiger partial charge < -0.3 is 15.4 Å². The molecule has 2 aromatic rings. The van der Waals surface area contributed by atoms with Crippen LogP contribution in [-0.2, 0) is 6.54 Å². The molecule has 0 unspecified atom stereocenters. The lowest BCUT2D eigenvalue weighted by Gasteiger charge is -2.13. The molecule has 0 aliphatic heterocycles. The predicted octanol–water partition coefficient (Wildman–Crippen LogP) is 3.23. The zero-order chi connectivity index (χ0) is 15.2. The van der Waals surface area contributed by atoms with Crippen molar-refractivity contribution in [3.8, 4) is 5.75 Å². The molecule has 0 radical (unpaired) electrons. The summed E-state index contributed by atoms with van der Waals surface area (Å²) < 4.78 is 5.35. The fourth-order valence-corrected chi connectivity index (χ4v) is 2.06. The number of nitrogens with one attached hydrogen (secondary N) is 2. The minimum absolute atomic E-state index is 0.335. The van der Waals surface area contributed by atoms with Crippen LogP contribution in [0.2, 0.25) is 0 Å². The summed E-state index contributed by atoms with van der Waals surface area (Å²) in [6.07, 6.45) is 0. The van der Waals surface area contributed by atoms with E-state index in [0.29, 0.717) is 12.6 Å². The van der Waals surface area contributed by atoms with Crippen molar-refractivity contribution in [3.63, 3.8) is 0 Å². The highest BCUT2D eigenvalue weighted by Crippen LogP contribution is 2.19. The summed E-state index contributed by atoms with van der Waals surface area (Å²) in [7, 11) is 1.68. The fourth-order valence-electron chi connectivity index (χ4n) is 2.06. The Morgan fingerprint density at radius 3 is 2.57 bits per heavy atom. The van der Waals surface area contributed by atoms with Crippen LogP contribution in [0.1, 0.15) is 25.2 Å². The number of hydrogen-bond acceptors (Lipinski definition) is 5. The highest BCUT2D eigenvalue weighted by molar-refractivity contribution is 5.48. The van der Waals surface area contributed by atoms with Gasteiger partial charge in [0.1, 0.15) is 23.2 Å². The van der Waals surface area contributed by atoms with Crippen molar-refractivity contribution in [2.24, 2.45) is 0 Å². The Labute approximate surface area is 125 Å². The molecule has 0 saturated heterocycles. The molecule has 0 fully saturated rings. The molecule has 0 aliphatic rings. The second-order valence-electron chi connectivity index (χ2n) is 5.15. The quantitative estimate of drug-likeness (QED) is 0.854. The van der Waals surface area contributed by atoms with Gasteiger partial charge in [0.2, 0.25) is 0 Å². The van der Waals surface area contributed by atoms with E-state index in [4.69, 9.17) is 4.74 Å². The Bertz CT molecular complexity index is 599. The van der Waals surface area contributed by atoms with Crippen LogP contribution >= 0.6 is 0 Å². The van der Waals surface area contributed by atoms with Gasteiger partial charge in [0.25, 0.3) is 0 Å². The highest BCUT2D eigenvalue weighted by Gasteiger charge is 2.05. The van der Waals surface area contributed by atoms with Crippen LogP contribution in [0.4, 0.5) is 11.6 Å². The van der Waals surface area contributed by atoms with Crippen LogP contribution in [0.25, 0.3) is 0 Å². The molecule has 21 heavy (non-hydrogen) atoms. The lowest BCUT2D eigenvalue weighted by Crippen LogP contribution is -2.13. The zero-order valence-corrected chi connectivity index (χ0v) is 13.0. The first-order valence-electron chi connectivity index (χ1n) is 7.06. The predicted molar refractivity (Wildman–Crippen MR) is 85.8 cm³/mol. The molecule has 1 aromatic carbocycles. The van der Waals surface area contributed by atoms with E-state index < -0.39 is 0 Å². The lowest BCUT2D eigenvalue weighted by atomic mass is 10.2. The molecule has 0 amide bonds. The van der Waals surface area contributed by atoms with Crippen molar-refractivity contribution in [1.29, 1.82) is 0 Å². The number of hydrogen-bond donors (Lipinski definition) is 2. The van der Waals surface area contributed by atoms with Crippen molar-refractivity contribution < 1.29 is 4.74 Å². The monoisotopic (exact) mass is 286 g/mol. The number of rotatable bonds is 6. The minimum Gasteiger partial charge on any atom is -0.496 e. The van der Waals surface area contributed by atoms with Crippen molar-refractivity contribution in [2.75, 3.05) is 17.7 Å². The van der Waals surface area contributed by atoms with E-state index in [9.17, 15) is 0 Å². The Morgan fingerprint density at radius 1 is 1.14 bits per heavy atom. The van der Waals surface area contributed by atoms with Crippen molar-refractivity contribution >= 4 is 11.6 Å². The molecule has 2 rings (SSSR count). The van der Waals surface area contributed by atoms with Crippen LogP contribution in [0, 0.1) is 6.92 Å². The summed E-state index contributed by atoms with van der Waals surface area (Å²) in [6, 6.07) is 10.2. The van der Waals surface area contributed by atoms with E-state index in [2.05, 4.69) is 34.4 Å². The van der Waals surface area contributed by atoms with Crippen molar-refractivity contribution in [2.45, 2.75) is 33.4 Å². The number of aromatic nitrogens is 2. The highest BCUT2D eigenvalue weighted by atomic mass is 16.5. The zero-order valence-electron chi connectivity index (χ0n) is 13.0. The summed E-state index contributed by atoms with van der Waals surface area (Å²) in [4.78, 5) is 8.78. The first-order valence-corrected chi connectivity index (χ1v) is 7.06. The van der Waals surface area contributed by atoms with E-state index >= 15 is 0 Å². The van der Waals surface area contributed by atoms with Crippen LogP contribution < -0.4 is 15.4 Å². The van der Waals surface area contributed by atoms with Crippen LogP contribution in [0.5, 0.6) is 5.75 Å². The molecule has 0 atom stereocenters. The summed E-state index contributed by atoms with van der Waals surface area (Å²) in [6.45, 7) is 6.71. The molecule has 1 aromatic heterocycles. The van der Waals surface area contributed by atoms with Crippen LogP contribution in [0.3, 0.4) is 0 Å². The molecule has 0 spiro atoms. The van der Waals surface area contributed by atoms with Gasteiger partial charge in [-0.05, 0) is 26.8 Å². The molecule has 0 saturated carbocycles. The summed E-state index contributed by atoms with van der Waals surface area (Å²) in [5, 5.41) is 6.61. The van der Waals surface area contributed by atoms with Gasteiger partial charge in [-0.2, -0.15) is 0 Å².